The number of methoxy groups -OCH3 is 1. The highest BCUT2D eigenvalue weighted by Crippen LogP contribution is 2.29. The second-order valence-electron chi connectivity index (χ2n) is 7.24. The van der Waals surface area contributed by atoms with Crippen LogP contribution in [-0.2, 0) is 17.6 Å². The van der Waals surface area contributed by atoms with Gasteiger partial charge in [-0.3, -0.25) is 4.79 Å². The van der Waals surface area contributed by atoms with Crippen molar-refractivity contribution in [2.75, 3.05) is 33.3 Å². The minimum absolute atomic E-state index is 0.198. The van der Waals surface area contributed by atoms with Crippen molar-refractivity contribution in [3.05, 3.63) is 46.8 Å². The van der Waals surface area contributed by atoms with E-state index in [1.807, 2.05) is 0 Å². The van der Waals surface area contributed by atoms with E-state index in [9.17, 15) is 18.4 Å². The first-order chi connectivity index (χ1) is 14.0. The SMILES string of the molecule is COC(=O)N1CCCN(C(=O)c2nn(-c3ccc(F)c(F)c3)c3c2CCC3)CC1. The summed E-state index contributed by atoms with van der Waals surface area (Å²) in [4.78, 5) is 28.2. The van der Waals surface area contributed by atoms with Gasteiger partial charge in [-0.25, -0.2) is 18.3 Å². The lowest BCUT2D eigenvalue weighted by molar-refractivity contribution is 0.0750. The highest BCUT2D eigenvalue weighted by molar-refractivity contribution is 5.94. The van der Waals surface area contributed by atoms with Crippen molar-refractivity contribution in [2.45, 2.75) is 25.7 Å². The van der Waals surface area contributed by atoms with Gasteiger partial charge in [0.2, 0.25) is 0 Å². The fraction of sp³-hybridized carbons (Fsp3) is 0.450. The summed E-state index contributed by atoms with van der Waals surface area (Å²) >= 11 is 0. The molecule has 0 saturated carbocycles. The molecule has 2 aliphatic rings. The Kier molecular flexibility index (Phi) is 5.21. The molecule has 154 valence electrons. The third-order valence-corrected chi connectivity index (χ3v) is 5.50. The van der Waals surface area contributed by atoms with Crippen LogP contribution in [0.4, 0.5) is 13.6 Å². The van der Waals surface area contributed by atoms with Gasteiger partial charge in [-0.2, -0.15) is 5.10 Å². The first kappa shape index (κ1) is 19.4. The molecule has 1 aromatic heterocycles. The van der Waals surface area contributed by atoms with Crippen LogP contribution in [0.2, 0.25) is 0 Å². The van der Waals surface area contributed by atoms with E-state index < -0.39 is 17.7 Å². The first-order valence-electron chi connectivity index (χ1n) is 9.68. The molecule has 0 N–H and O–H groups in total. The highest BCUT2D eigenvalue weighted by atomic mass is 19.2. The number of nitrogens with zero attached hydrogens (tertiary/aromatic N) is 4. The Morgan fingerprint density at radius 2 is 1.76 bits per heavy atom. The van der Waals surface area contributed by atoms with Crippen molar-refractivity contribution < 1.29 is 23.1 Å². The topological polar surface area (TPSA) is 67.7 Å². The molecule has 4 rings (SSSR count). The second-order valence-corrected chi connectivity index (χ2v) is 7.24. The zero-order valence-electron chi connectivity index (χ0n) is 16.2. The van der Waals surface area contributed by atoms with Crippen molar-refractivity contribution >= 4 is 12.0 Å². The largest absolute Gasteiger partial charge is 0.453 e. The normalized spacial score (nSPS) is 16.5. The predicted octanol–water partition coefficient (Wildman–Crippen LogP) is 2.55. The van der Waals surface area contributed by atoms with Crippen molar-refractivity contribution in [1.29, 1.82) is 0 Å². The van der Waals surface area contributed by atoms with Crippen molar-refractivity contribution in [3.8, 4) is 5.69 Å². The molecule has 7 nitrogen and oxygen atoms in total. The Hall–Kier alpha value is -2.97. The number of aromatic nitrogens is 2. The van der Waals surface area contributed by atoms with Crippen LogP contribution in [0.3, 0.4) is 0 Å². The number of ether oxygens (including phenoxy) is 1. The minimum atomic E-state index is -0.951. The van der Waals surface area contributed by atoms with Gasteiger partial charge >= 0.3 is 6.09 Å². The number of fused-ring (bicyclic) bond motifs is 1. The van der Waals surface area contributed by atoms with Crippen molar-refractivity contribution in [1.82, 2.24) is 19.6 Å². The van der Waals surface area contributed by atoms with E-state index in [2.05, 4.69) is 5.10 Å². The van der Waals surface area contributed by atoms with Gasteiger partial charge in [0.15, 0.2) is 17.3 Å². The first-order valence-corrected chi connectivity index (χ1v) is 9.68. The zero-order valence-corrected chi connectivity index (χ0v) is 16.2. The van der Waals surface area contributed by atoms with Crippen molar-refractivity contribution in [3.63, 3.8) is 0 Å². The molecular formula is C20H22F2N4O3. The molecule has 1 fully saturated rings. The third kappa shape index (κ3) is 3.56. The van der Waals surface area contributed by atoms with Crippen LogP contribution in [0.15, 0.2) is 18.2 Å². The van der Waals surface area contributed by atoms with Gasteiger partial charge in [-0.15, -0.1) is 0 Å². The number of rotatable bonds is 2. The van der Waals surface area contributed by atoms with Crippen LogP contribution in [0, 0.1) is 11.6 Å². The minimum Gasteiger partial charge on any atom is -0.453 e. The average molecular weight is 404 g/mol. The molecule has 1 aromatic carbocycles. The highest BCUT2D eigenvalue weighted by Gasteiger charge is 2.31. The van der Waals surface area contributed by atoms with Crippen LogP contribution in [0.25, 0.3) is 5.69 Å². The van der Waals surface area contributed by atoms with E-state index in [1.54, 1.807) is 14.5 Å². The van der Waals surface area contributed by atoms with Gasteiger partial charge in [0, 0.05) is 43.5 Å². The molecule has 1 aliphatic carbocycles. The van der Waals surface area contributed by atoms with Crippen LogP contribution in [0.1, 0.15) is 34.6 Å². The lowest BCUT2D eigenvalue weighted by Gasteiger charge is -2.21. The fourth-order valence-corrected chi connectivity index (χ4v) is 4.02. The standard InChI is InChI=1S/C20H22F2N4O3/c1-29-20(28)25-9-3-8-24(10-11-25)19(27)18-14-4-2-5-17(14)26(23-18)13-6-7-15(21)16(22)12-13/h6-7,12H,2-5,8-11H2,1H3. The van der Waals surface area contributed by atoms with E-state index in [4.69, 9.17) is 4.74 Å². The Labute approximate surface area is 166 Å². The molecule has 9 heteroatoms. The Morgan fingerprint density at radius 1 is 1.00 bits per heavy atom. The van der Waals surface area contributed by atoms with Crippen LogP contribution in [0.5, 0.6) is 0 Å². The summed E-state index contributed by atoms with van der Waals surface area (Å²) in [7, 11) is 1.34. The molecule has 2 amide bonds. The molecule has 1 aliphatic heterocycles. The number of carbonyl (C=O) groups excluding carboxylic acids is 2. The Bertz CT molecular complexity index is 959. The molecule has 0 unspecified atom stereocenters. The number of carbonyl (C=O) groups is 2. The molecule has 2 heterocycles. The molecule has 0 spiro atoms. The maximum Gasteiger partial charge on any atom is 0.409 e. The molecule has 0 atom stereocenters. The van der Waals surface area contributed by atoms with Crippen LogP contribution < -0.4 is 0 Å². The Balaban J connectivity index is 1.61. The van der Waals surface area contributed by atoms with E-state index in [-0.39, 0.29) is 5.91 Å². The predicted molar refractivity (Wildman–Crippen MR) is 100 cm³/mol. The van der Waals surface area contributed by atoms with Gasteiger partial charge in [-0.05, 0) is 37.8 Å². The lowest BCUT2D eigenvalue weighted by atomic mass is 10.2. The Morgan fingerprint density at radius 3 is 2.52 bits per heavy atom. The van der Waals surface area contributed by atoms with Crippen LogP contribution in [-0.4, -0.2) is 64.9 Å². The zero-order chi connectivity index (χ0) is 20.5. The van der Waals surface area contributed by atoms with Gasteiger partial charge in [0.05, 0.1) is 12.8 Å². The lowest BCUT2D eigenvalue weighted by Crippen LogP contribution is -2.37. The van der Waals surface area contributed by atoms with Crippen LogP contribution >= 0.6 is 0 Å². The molecule has 1 saturated heterocycles. The molecule has 0 bridgehead atoms. The summed E-state index contributed by atoms with van der Waals surface area (Å²) in [5.41, 5.74) is 2.49. The second kappa shape index (κ2) is 7.81. The fourth-order valence-electron chi connectivity index (χ4n) is 4.02. The number of halogens is 2. The molecule has 0 radical (unpaired) electrons. The van der Waals surface area contributed by atoms with Gasteiger partial charge < -0.3 is 14.5 Å². The maximum absolute atomic E-state index is 13.7. The summed E-state index contributed by atoms with van der Waals surface area (Å²) in [6.07, 6.45) is 2.58. The number of amides is 2. The monoisotopic (exact) mass is 404 g/mol. The summed E-state index contributed by atoms with van der Waals surface area (Å²) in [6, 6.07) is 3.61. The smallest absolute Gasteiger partial charge is 0.409 e. The van der Waals surface area contributed by atoms with E-state index >= 15 is 0 Å². The number of hydrogen-bond acceptors (Lipinski definition) is 4. The van der Waals surface area contributed by atoms with E-state index in [0.717, 1.165) is 42.7 Å². The summed E-state index contributed by atoms with van der Waals surface area (Å²) < 4.78 is 33.3. The van der Waals surface area contributed by atoms with E-state index in [0.29, 0.717) is 44.0 Å². The quantitative estimate of drug-likeness (QED) is 0.772. The maximum atomic E-state index is 13.7. The number of hydrogen-bond donors (Lipinski definition) is 0. The summed E-state index contributed by atoms with van der Waals surface area (Å²) in [6.45, 7) is 1.82. The van der Waals surface area contributed by atoms with E-state index in [1.165, 1.54) is 13.2 Å². The molecule has 2 aromatic rings. The average Bonchev–Trinajstić information content (AvgIpc) is 3.24. The van der Waals surface area contributed by atoms with Gasteiger partial charge in [-0.1, -0.05) is 0 Å². The van der Waals surface area contributed by atoms with Gasteiger partial charge in [0.25, 0.3) is 5.91 Å². The summed E-state index contributed by atoms with van der Waals surface area (Å²) in [5, 5.41) is 4.48. The summed E-state index contributed by atoms with van der Waals surface area (Å²) in [5.74, 6) is -2.07. The third-order valence-electron chi connectivity index (χ3n) is 5.50. The number of benzene rings is 1. The molecule has 29 heavy (non-hydrogen) atoms. The van der Waals surface area contributed by atoms with Crippen molar-refractivity contribution in [2.24, 2.45) is 0 Å². The van der Waals surface area contributed by atoms with Gasteiger partial charge in [0.1, 0.15) is 0 Å². The molecular weight excluding hydrogens is 382 g/mol.